The van der Waals surface area contributed by atoms with Crippen molar-refractivity contribution in [3.8, 4) is 5.75 Å². The van der Waals surface area contributed by atoms with E-state index in [1.807, 2.05) is 0 Å². The summed E-state index contributed by atoms with van der Waals surface area (Å²) in [5.74, 6) is -0.836. The number of ether oxygens (including phenoxy) is 1. The van der Waals surface area contributed by atoms with Crippen LogP contribution in [0.3, 0.4) is 0 Å². The summed E-state index contributed by atoms with van der Waals surface area (Å²) in [5.41, 5.74) is 0.127. The molecule has 0 bridgehead atoms. The van der Waals surface area contributed by atoms with Crippen molar-refractivity contribution in [3.05, 3.63) is 47.5 Å². The van der Waals surface area contributed by atoms with Crippen LogP contribution < -0.4 is 25.0 Å². The van der Waals surface area contributed by atoms with Crippen molar-refractivity contribution < 1.29 is 31.8 Å². The lowest BCUT2D eigenvalue weighted by atomic mass is 10.1. The van der Waals surface area contributed by atoms with E-state index in [9.17, 15) is 27.1 Å². The first-order valence-electron chi connectivity index (χ1n) is 14.4. The number of sulfonamides is 1. The topological polar surface area (TPSA) is 133 Å². The van der Waals surface area contributed by atoms with Crippen LogP contribution in [0, 0.1) is 23.5 Å². The molecule has 2 saturated carbocycles. The van der Waals surface area contributed by atoms with Crippen molar-refractivity contribution in [1.29, 1.82) is 0 Å². The van der Waals surface area contributed by atoms with Crippen LogP contribution in [0.4, 0.5) is 20.4 Å². The van der Waals surface area contributed by atoms with Crippen LogP contribution in [0.2, 0.25) is 0 Å². The first-order valence-corrected chi connectivity index (χ1v) is 15.9. The van der Waals surface area contributed by atoms with E-state index in [1.54, 1.807) is 13.8 Å². The van der Waals surface area contributed by atoms with Gasteiger partial charge in [0.05, 0.1) is 17.4 Å². The lowest BCUT2D eigenvalue weighted by Crippen LogP contribution is -2.48. The van der Waals surface area contributed by atoms with E-state index in [2.05, 4.69) is 27.9 Å². The fraction of sp³-hybridized carbons (Fsp3) is 0.586. The van der Waals surface area contributed by atoms with Gasteiger partial charge >= 0.3 is 0 Å². The number of pyridine rings is 1. The summed E-state index contributed by atoms with van der Waals surface area (Å²) in [5, 5.41) is 19.6. The number of halogens is 2. The molecule has 4 atom stereocenters. The van der Waals surface area contributed by atoms with Gasteiger partial charge in [-0.25, -0.2) is 22.2 Å². The Balaban J connectivity index is 1.55. The number of carbonyl (C=O) groups excluding carboxylic acids is 1. The van der Waals surface area contributed by atoms with Crippen molar-refractivity contribution in [2.45, 2.75) is 69.9 Å². The lowest BCUT2D eigenvalue weighted by molar-refractivity contribution is 0.0706. The van der Waals surface area contributed by atoms with Gasteiger partial charge in [-0.2, -0.15) is 0 Å². The zero-order chi connectivity index (χ0) is 30.6. The Morgan fingerprint density at radius 3 is 2.43 bits per heavy atom. The SMILES string of the molecule is CC1CC1CNc1cc(C(=O)NC(COc2cc(F)cc(F)c2)C(O)CCNC2CC2)cc(N(C)S(=O)(=O)C(C)C)n1. The van der Waals surface area contributed by atoms with E-state index in [0.717, 1.165) is 41.8 Å². The number of hydrogen-bond acceptors (Lipinski definition) is 8. The van der Waals surface area contributed by atoms with Crippen molar-refractivity contribution in [2.75, 3.05) is 36.4 Å². The molecule has 4 unspecified atom stereocenters. The Hall–Kier alpha value is -3.03. The molecule has 13 heteroatoms. The molecule has 1 amide bonds. The molecule has 2 fully saturated rings. The Bertz CT molecular complexity index is 1340. The maximum Gasteiger partial charge on any atom is 0.251 e. The minimum atomic E-state index is -3.73. The normalized spacial score (nSPS) is 19.7. The van der Waals surface area contributed by atoms with Crippen LogP contribution in [-0.4, -0.2) is 74.6 Å². The summed E-state index contributed by atoms with van der Waals surface area (Å²) in [6, 6.07) is 5.14. The molecule has 1 heterocycles. The highest BCUT2D eigenvalue weighted by atomic mass is 32.2. The van der Waals surface area contributed by atoms with Gasteiger partial charge in [-0.15, -0.1) is 0 Å². The number of anilines is 2. The van der Waals surface area contributed by atoms with Crippen LogP contribution in [0.1, 0.15) is 56.8 Å². The largest absolute Gasteiger partial charge is 0.491 e. The molecule has 4 rings (SSSR count). The average Bonchev–Trinajstić information content (AvgIpc) is 3.86. The molecule has 0 radical (unpaired) electrons. The van der Waals surface area contributed by atoms with Gasteiger partial charge in [0.1, 0.15) is 35.6 Å². The van der Waals surface area contributed by atoms with Gasteiger partial charge in [-0.3, -0.25) is 9.10 Å². The molecule has 0 saturated heterocycles. The van der Waals surface area contributed by atoms with Gasteiger partial charge in [0.2, 0.25) is 10.0 Å². The number of nitrogens with zero attached hydrogens (tertiary/aromatic N) is 2. The van der Waals surface area contributed by atoms with Gasteiger partial charge in [0.25, 0.3) is 5.91 Å². The third kappa shape index (κ3) is 8.74. The Kier molecular flexibility index (Phi) is 10.3. The summed E-state index contributed by atoms with van der Waals surface area (Å²) < 4.78 is 59.8. The predicted molar refractivity (Wildman–Crippen MR) is 157 cm³/mol. The van der Waals surface area contributed by atoms with Crippen LogP contribution in [0.5, 0.6) is 5.75 Å². The van der Waals surface area contributed by atoms with E-state index in [1.165, 1.54) is 19.2 Å². The van der Waals surface area contributed by atoms with E-state index in [-0.39, 0.29) is 23.7 Å². The smallest absolute Gasteiger partial charge is 0.251 e. The molecule has 1 aromatic carbocycles. The molecule has 0 spiro atoms. The highest BCUT2D eigenvalue weighted by molar-refractivity contribution is 7.93. The van der Waals surface area contributed by atoms with Gasteiger partial charge in [-0.1, -0.05) is 6.92 Å². The zero-order valence-corrected chi connectivity index (χ0v) is 25.3. The second-order valence-corrected chi connectivity index (χ2v) is 14.1. The molecular weight excluding hydrogens is 568 g/mol. The monoisotopic (exact) mass is 609 g/mol. The van der Waals surface area contributed by atoms with Crippen molar-refractivity contribution in [1.82, 2.24) is 15.6 Å². The number of amides is 1. The lowest BCUT2D eigenvalue weighted by Gasteiger charge is -2.25. The van der Waals surface area contributed by atoms with Crippen LogP contribution in [0.15, 0.2) is 30.3 Å². The van der Waals surface area contributed by atoms with E-state index in [0.29, 0.717) is 43.2 Å². The number of aliphatic hydroxyl groups is 1. The fourth-order valence-electron chi connectivity index (χ4n) is 4.49. The second-order valence-electron chi connectivity index (χ2n) is 11.6. The third-order valence-electron chi connectivity index (χ3n) is 7.69. The van der Waals surface area contributed by atoms with Crippen molar-refractivity contribution >= 4 is 27.6 Å². The summed E-state index contributed by atoms with van der Waals surface area (Å²) in [6.45, 7) is 6.15. The molecular formula is C29H41F2N5O5S. The first kappa shape index (κ1) is 31.9. The Morgan fingerprint density at radius 2 is 1.83 bits per heavy atom. The molecule has 0 aliphatic heterocycles. The quantitative estimate of drug-likeness (QED) is 0.228. The maximum atomic E-state index is 13.7. The highest BCUT2D eigenvalue weighted by Gasteiger charge is 2.32. The minimum absolute atomic E-state index is 0.0694. The van der Waals surface area contributed by atoms with E-state index >= 15 is 0 Å². The molecule has 1 aromatic heterocycles. The van der Waals surface area contributed by atoms with Crippen molar-refractivity contribution in [2.24, 2.45) is 11.8 Å². The van der Waals surface area contributed by atoms with Crippen molar-refractivity contribution in [3.63, 3.8) is 0 Å². The molecule has 232 valence electrons. The third-order valence-corrected chi connectivity index (χ3v) is 9.83. The molecule has 2 aliphatic rings. The van der Waals surface area contributed by atoms with Gasteiger partial charge in [-0.05, 0) is 70.0 Å². The average molecular weight is 610 g/mol. The number of nitrogens with one attached hydrogen (secondary N) is 3. The van der Waals surface area contributed by atoms with Crippen LogP contribution in [-0.2, 0) is 10.0 Å². The second kappa shape index (κ2) is 13.5. The fourth-order valence-corrected chi connectivity index (χ4v) is 5.47. The molecule has 2 aromatic rings. The zero-order valence-electron chi connectivity index (χ0n) is 24.4. The highest BCUT2D eigenvalue weighted by Crippen LogP contribution is 2.37. The Labute approximate surface area is 246 Å². The molecule has 42 heavy (non-hydrogen) atoms. The summed E-state index contributed by atoms with van der Waals surface area (Å²) >= 11 is 0. The van der Waals surface area contributed by atoms with Gasteiger partial charge in [0.15, 0.2) is 0 Å². The van der Waals surface area contributed by atoms with E-state index < -0.39 is 45.0 Å². The molecule has 4 N–H and O–H groups in total. The molecule has 2 aliphatic carbocycles. The van der Waals surface area contributed by atoms with Gasteiger partial charge < -0.3 is 25.8 Å². The van der Waals surface area contributed by atoms with E-state index in [4.69, 9.17) is 4.74 Å². The van der Waals surface area contributed by atoms with Crippen LogP contribution >= 0.6 is 0 Å². The predicted octanol–water partition coefficient (Wildman–Crippen LogP) is 3.28. The number of benzene rings is 1. The summed E-state index contributed by atoms with van der Waals surface area (Å²) in [4.78, 5) is 18.0. The van der Waals surface area contributed by atoms with Gasteiger partial charge in [0, 0.05) is 43.4 Å². The number of carbonyl (C=O) groups is 1. The number of rotatable bonds is 16. The first-order chi connectivity index (χ1) is 19.8. The maximum absolute atomic E-state index is 13.7. The summed E-state index contributed by atoms with van der Waals surface area (Å²) in [6.07, 6.45) is 2.48. The minimum Gasteiger partial charge on any atom is -0.491 e. The number of hydrogen-bond donors (Lipinski definition) is 4. The standard InChI is InChI=1S/C29H41F2N5O5S/c1-17(2)42(39,40)36(4)28-11-19(10-27(35-28)33-15-20-9-18(20)3)29(38)34-25(26(37)7-8-32-23-5-6-23)16-41-24-13-21(30)12-22(31)14-24/h10-14,17-18,20,23,25-26,32,37H,5-9,15-16H2,1-4H3,(H,33,35)(H,34,38). The molecule has 10 nitrogen and oxygen atoms in total. The number of aromatic nitrogens is 1. The summed E-state index contributed by atoms with van der Waals surface area (Å²) in [7, 11) is -2.34. The number of aliphatic hydroxyl groups excluding tert-OH is 1. The van der Waals surface area contributed by atoms with Crippen LogP contribution in [0.25, 0.3) is 0 Å². The Morgan fingerprint density at radius 1 is 1.17 bits per heavy atom.